The summed E-state index contributed by atoms with van der Waals surface area (Å²) in [6, 6.07) is 0. The highest BCUT2D eigenvalue weighted by Crippen LogP contribution is 2.23. The van der Waals surface area contributed by atoms with Crippen molar-refractivity contribution in [3.05, 3.63) is 36.0 Å². The lowest BCUT2D eigenvalue weighted by molar-refractivity contribution is -0.145. The van der Waals surface area contributed by atoms with Crippen molar-refractivity contribution in [2.45, 2.75) is 194 Å². The molecule has 0 aliphatic carbocycles. The van der Waals surface area contributed by atoms with E-state index in [2.05, 4.69) is 63.2 Å². The van der Waals surface area contributed by atoms with Crippen molar-refractivity contribution in [1.29, 1.82) is 0 Å². The van der Waals surface area contributed by atoms with Gasteiger partial charge in [-0.05, 0) is 84.7 Å². The number of ether oxygens (including phenoxy) is 2. The Morgan fingerprint density at radius 2 is 1.07 bits per heavy atom. The molecule has 0 spiro atoms. The summed E-state index contributed by atoms with van der Waals surface area (Å²) in [6.45, 7) is 8.26. The van der Waals surface area contributed by atoms with Crippen LogP contribution < -0.4 is 0 Å². The summed E-state index contributed by atoms with van der Waals surface area (Å²) in [5.74, 6) is -0.220. The smallest absolute Gasteiger partial charge is 0.335 e. The molecule has 0 saturated heterocycles. The Morgan fingerprint density at radius 1 is 0.593 bits per heavy atom. The molecule has 0 saturated carbocycles. The number of rotatable bonds is 38. The maximum atomic E-state index is 12.7. The zero-order valence-electron chi connectivity index (χ0n) is 35.6. The standard InChI is InChI=1S/C46H82N2O6/c1-6-8-10-12-14-22-28-39-52-44(49)34-26-20-16-18-24-32-43(41-46(51)54-47-37-36-42(3)31-30-38-48(4)5)33-25-19-17-21-27-35-45(50)53-40-29-23-15-13-11-9-7-2/h22-23,28-29,31,37,43H,6-21,24-27,30,32-36,38-41H2,1-5H3/b28-22-,29-23-,42-31+,47-37+. The van der Waals surface area contributed by atoms with Gasteiger partial charge in [-0.3, -0.25) is 9.59 Å². The third-order valence-corrected chi connectivity index (χ3v) is 9.62. The van der Waals surface area contributed by atoms with E-state index < -0.39 is 0 Å². The van der Waals surface area contributed by atoms with Crippen LogP contribution in [0.3, 0.4) is 0 Å². The monoisotopic (exact) mass is 759 g/mol. The van der Waals surface area contributed by atoms with E-state index in [1.807, 2.05) is 12.2 Å². The highest BCUT2D eigenvalue weighted by molar-refractivity contribution is 5.71. The molecule has 0 aliphatic heterocycles. The van der Waals surface area contributed by atoms with Gasteiger partial charge in [-0.25, -0.2) is 4.79 Å². The van der Waals surface area contributed by atoms with Crippen molar-refractivity contribution in [3.8, 4) is 0 Å². The van der Waals surface area contributed by atoms with E-state index in [0.717, 1.165) is 103 Å². The lowest BCUT2D eigenvalue weighted by Crippen LogP contribution is -2.12. The number of unbranched alkanes of at least 4 members (excludes halogenated alkanes) is 16. The van der Waals surface area contributed by atoms with E-state index in [-0.39, 0.29) is 23.8 Å². The number of esters is 2. The summed E-state index contributed by atoms with van der Waals surface area (Å²) >= 11 is 0. The molecule has 0 heterocycles. The summed E-state index contributed by atoms with van der Waals surface area (Å²) in [7, 11) is 4.13. The zero-order valence-corrected chi connectivity index (χ0v) is 35.6. The SMILES string of the molecule is CCCCCC/C=C\COC(=O)CCCCCCCC(CCCCCCCC(=O)OC/C=C\CCCCCC)CC(=O)O/N=C/C/C(C)=C/CCN(C)C. The fraction of sp³-hybridized carbons (Fsp3) is 0.783. The Kier molecular flexibility index (Phi) is 37.9. The number of carbonyl (C=O) groups excluding carboxylic acids is 3. The summed E-state index contributed by atoms with van der Waals surface area (Å²) in [5, 5.41) is 3.97. The number of nitrogens with zero attached hydrogens (tertiary/aromatic N) is 2. The fourth-order valence-corrected chi connectivity index (χ4v) is 6.19. The van der Waals surface area contributed by atoms with E-state index in [1.165, 1.54) is 56.9 Å². The lowest BCUT2D eigenvalue weighted by atomic mass is 9.91. The van der Waals surface area contributed by atoms with Gasteiger partial charge in [-0.1, -0.05) is 145 Å². The Morgan fingerprint density at radius 3 is 1.57 bits per heavy atom. The molecule has 0 aromatic heterocycles. The quantitative estimate of drug-likeness (QED) is 0.0154. The highest BCUT2D eigenvalue weighted by atomic mass is 16.7. The van der Waals surface area contributed by atoms with Gasteiger partial charge in [-0.2, -0.15) is 0 Å². The molecule has 0 radical (unpaired) electrons. The second kappa shape index (κ2) is 39.9. The molecule has 0 atom stereocenters. The fourth-order valence-electron chi connectivity index (χ4n) is 6.19. The van der Waals surface area contributed by atoms with Crippen LogP contribution in [0, 0.1) is 5.92 Å². The minimum absolute atomic E-state index is 0.112. The predicted molar refractivity (Wildman–Crippen MR) is 227 cm³/mol. The molecule has 0 fully saturated rings. The molecule has 0 N–H and O–H groups in total. The minimum Gasteiger partial charge on any atom is -0.461 e. The first-order valence-corrected chi connectivity index (χ1v) is 21.9. The van der Waals surface area contributed by atoms with E-state index in [0.29, 0.717) is 38.9 Å². The van der Waals surface area contributed by atoms with Crippen LogP contribution >= 0.6 is 0 Å². The van der Waals surface area contributed by atoms with Crippen molar-refractivity contribution < 1.29 is 28.7 Å². The minimum atomic E-state index is -0.264. The van der Waals surface area contributed by atoms with Crippen molar-refractivity contribution >= 4 is 24.1 Å². The van der Waals surface area contributed by atoms with Gasteiger partial charge in [0.15, 0.2) is 0 Å². The van der Waals surface area contributed by atoms with Crippen molar-refractivity contribution in [3.63, 3.8) is 0 Å². The van der Waals surface area contributed by atoms with Crippen LogP contribution in [0.4, 0.5) is 0 Å². The summed E-state index contributed by atoms with van der Waals surface area (Å²) in [6.07, 6.45) is 39.3. The molecule has 0 bridgehead atoms. The Hall–Kier alpha value is -2.74. The van der Waals surface area contributed by atoms with Crippen LogP contribution in [0.15, 0.2) is 41.1 Å². The average molecular weight is 759 g/mol. The molecule has 0 aliphatic rings. The van der Waals surface area contributed by atoms with Crippen molar-refractivity contribution in [1.82, 2.24) is 4.90 Å². The van der Waals surface area contributed by atoms with Gasteiger partial charge in [0, 0.05) is 32.0 Å². The molecule has 8 nitrogen and oxygen atoms in total. The van der Waals surface area contributed by atoms with Gasteiger partial charge in [0.1, 0.15) is 13.2 Å². The van der Waals surface area contributed by atoms with E-state index >= 15 is 0 Å². The van der Waals surface area contributed by atoms with Gasteiger partial charge in [0.25, 0.3) is 0 Å². The Balaban J connectivity index is 4.43. The maximum Gasteiger partial charge on any atom is 0.335 e. The highest BCUT2D eigenvalue weighted by Gasteiger charge is 2.15. The molecule has 0 aromatic rings. The summed E-state index contributed by atoms with van der Waals surface area (Å²) < 4.78 is 10.7. The van der Waals surface area contributed by atoms with E-state index in [4.69, 9.17) is 14.3 Å². The Bertz CT molecular complexity index is 967. The predicted octanol–water partition coefficient (Wildman–Crippen LogP) is 12.4. The van der Waals surface area contributed by atoms with Crippen LogP contribution in [-0.4, -0.2) is 62.9 Å². The van der Waals surface area contributed by atoms with Gasteiger partial charge in [0.05, 0.1) is 6.42 Å². The van der Waals surface area contributed by atoms with Crippen LogP contribution in [0.5, 0.6) is 0 Å². The van der Waals surface area contributed by atoms with Crippen LogP contribution in [0.1, 0.15) is 194 Å². The zero-order chi connectivity index (χ0) is 39.7. The summed E-state index contributed by atoms with van der Waals surface area (Å²) in [5.41, 5.74) is 1.21. The summed E-state index contributed by atoms with van der Waals surface area (Å²) in [4.78, 5) is 44.2. The largest absolute Gasteiger partial charge is 0.461 e. The normalized spacial score (nSPS) is 12.2. The molecular formula is C46H82N2O6. The number of hydrogen-bond acceptors (Lipinski definition) is 8. The maximum absolute atomic E-state index is 12.7. The average Bonchev–Trinajstić information content (AvgIpc) is 3.14. The number of hydrogen-bond donors (Lipinski definition) is 0. The van der Waals surface area contributed by atoms with Gasteiger partial charge < -0.3 is 19.2 Å². The van der Waals surface area contributed by atoms with Crippen LogP contribution in [0.25, 0.3) is 0 Å². The van der Waals surface area contributed by atoms with Crippen LogP contribution in [-0.2, 0) is 28.7 Å². The molecule has 0 aromatic carbocycles. The first-order valence-electron chi connectivity index (χ1n) is 21.9. The molecule has 54 heavy (non-hydrogen) atoms. The lowest BCUT2D eigenvalue weighted by Gasteiger charge is -2.15. The van der Waals surface area contributed by atoms with E-state index in [9.17, 15) is 14.4 Å². The Labute approximate surface area is 332 Å². The molecule has 0 unspecified atom stereocenters. The van der Waals surface area contributed by atoms with Gasteiger partial charge >= 0.3 is 17.9 Å². The number of carbonyl (C=O) groups is 3. The number of allylic oxidation sites excluding steroid dienone is 3. The third-order valence-electron chi connectivity index (χ3n) is 9.62. The molecule has 0 rings (SSSR count). The van der Waals surface area contributed by atoms with Gasteiger partial charge in [-0.15, -0.1) is 0 Å². The van der Waals surface area contributed by atoms with Crippen molar-refractivity contribution in [2.24, 2.45) is 11.1 Å². The second-order valence-electron chi connectivity index (χ2n) is 15.3. The van der Waals surface area contributed by atoms with Crippen LogP contribution in [0.2, 0.25) is 0 Å². The number of oxime groups is 1. The van der Waals surface area contributed by atoms with Crippen molar-refractivity contribution in [2.75, 3.05) is 33.9 Å². The third kappa shape index (κ3) is 39.0. The second-order valence-corrected chi connectivity index (χ2v) is 15.3. The molecular weight excluding hydrogens is 677 g/mol. The molecule has 312 valence electrons. The first kappa shape index (κ1) is 51.3. The van der Waals surface area contributed by atoms with Gasteiger partial charge in [0.2, 0.25) is 0 Å². The first-order chi connectivity index (χ1) is 26.3. The molecule has 0 amide bonds. The molecule has 8 heteroatoms. The topological polar surface area (TPSA) is 94.5 Å². The van der Waals surface area contributed by atoms with E-state index in [1.54, 1.807) is 6.21 Å².